The van der Waals surface area contributed by atoms with Crippen molar-refractivity contribution in [2.75, 3.05) is 13.1 Å². The zero-order chi connectivity index (χ0) is 16.4. The van der Waals surface area contributed by atoms with Gasteiger partial charge in [0.2, 0.25) is 0 Å². The number of hydrogen-bond acceptors (Lipinski definition) is 2. The number of aryl methyl sites for hydroxylation is 1. The van der Waals surface area contributed by atoms with Crippen molar-refractivity contribution in [2.24, 2.45) is 5.73 Å². The fraction of sp³-hybridized carbons (Fsp3) is 0.316. The number of carbonyl (C=O) groups is 1. The lowest BCUT2D eigenvalue weighted by atomic mass is 9.87. The number of amides is 1. The molecule has 2 unspecified atom stereocenters. The van der Waals surface area contributed by atoms with Crippen LogP contribution in [0.4, 0.5) is 4.39 Å². The molecule has 3 rings (SSSR count). The van der Waals surface area contributed by atoms with Gasteiger partial charge in [-0.2, -0.15) is 0 Å². The summed E-state index contributed by atoms with van der Waals surface area (Å²) < 4.78 is 13.0. The van der Waals surface area contributed by atoms with Crippen LogP contribution >= 0.6 is 0 Å². The molecule has 0 aliphatic carbocycles. The van der Waals surface area contributed by atoms with E-state index in [0.29, 0.717) is 18.7 Å². The predicted octanol–water partition coefficient (Wildman–Crippen LogP) is 3.09. The van der Waals surface area contributed by atoms with E-state index in [1.807, 2.05) is 0 Å². The molecule has 3 nitrogen and oxygen atoms in total. The van der Waals surface area contributed by atoms with Gasteiger partial charge in [0.05, 0.1) is 0 Å². The van der Waals surface area contributed by atoms with Gasteiger partial charge in [-0.05, 0) is 43.2 Å². The number of nitrogens with zero attached hydrogens (tertiary/aromatic N) is 1. The monoisotopic (exact) mass is 312 g/mol. The fourth-order valence-electron chi connectivity index (χ4n) is 3.16. The average Bonchev–Trinajstić information content (AvgIpc) is 2.55. The van der Waals surface area contributed by atoms with E-state index >= 15 is 0 Å². The Bertz CT molecular complexity index is 682. The Kier molecular flexibility index (Phi) is 4.44. The first-order chi connectivity index (χ1) is 11.0. The van der Waals surface area contributed by atoms with Crippen molar-refractivity contribution < 1.29 is 9.18 Å². The predicted molar refractivity (Wildman–Crippen MR) is 88.8 cm³/mol. The van der Waals surface area contributed by atoms with Gasteiger partial charge in [-0.1, -0.05) is 29.8 Å². The Balaban J connectivity index is 1.78. The summed E-state index contributed by atoms with van der Waals surface area (Å²) >= 11 is 0. The highest BCUT2D eigenvalue weighted by Crippen LogP contribution is 2.27. The van der Waals surface area contributed by atoms with Gasteiger partial charge in [0.15, 0.2) is 0 Å². The molecule has 0 saturated carbocycles. The molecule has 1 amide bonds. The van der Waals surface area contributed by atoms with Crippen LogP contribution in [0.3, 0.4) is 0 Å². The first kappa shape index (κ1) is 15.7. The molecule has 2 N–H and O–H groups in total. The van der Waals surface area contributed by atoms with Crippen molar-refractivity contribution in [1.29, 1.82) is 0 Å². The summed E-state index contributed by atoms with van der Waals surface area (Å²) in [6.07, 6.45) is 0.871. The standard InChI is InChI=1S/C19H21FN2O/c1-13-2-4-14(5-3-13)16-10-18(21)12-22(11-16)19(23)15-6-8-17(20)9-7-15/h2-9,16,18H,10-12,21H2,1H3. The number of rotatable bonds is 2. The maximum atomic E-state index is 13.0. The van der Waals surface area contributed by atoms with E-state index in [1.54, 1.807) is 4.90 Å². The normalized spacial score (nSPS) is 21.3. The fourth-order valence-corrected chi connectivity index (χ4v) is 3.16. The van der Waals surface area contributed by atoms with Crippen molar-refractivity contribution >= 4 is 5.91 Å². The molecule has 1 aliphatic rings. The van der Waals surface area contributed by atoms with Crippen LogP contribution in [0.2, 0.25) is 0 Å². The zero-order valence-corrected chi connectivity index (χ0v) is 13.2. The first-order valence-corrected chi connectivity index (χ1v) is 7.90. The van der Waals surface area contributed by atoms with E-state index in [1.165, 1.54) is 35.4 Å². The van der Waals surface area contributed by atoms with Crippen LogP contribution in [0.5, 0.6) is 0 Å². The molecule has 120 valence electrons. The second-order valence-corrected chi connectivity index (χ2v) is 6.32. The first-order valence-electron chi connectivity index (χ1n) is 7.90. The van der Waals surface area contributed by atoms with Crippen LogP contribution in [-0.4, -0.2) is 29.9 Å². The van der Waals surface area contributed by atoms with Gasteiger partial charge in [-0.3, -0.25) is 4.79 Å². The van der Waals surface area contributed by atoms with E-state index in [9.17, 15) is 9.18 Å². The van der Waals surface area contributed by atoms with Crippen molar-refractivity contribution in [3.63, 3.8) is 0 Å². The molecule has 23 heavy (non-hydrogen) atoms. The van der Waals surface area contributed by atoms with E-state index in [0.717, 1.165) is 6.42 Å². The second-order valence-electron chi connectivity index (χ2n) is 6.32. The SMILES string of the molecule is Cc1ccc(C2CC(N)CN(C(=O)c3ccc(F)cc3)C2)cc1. The quantitative estimate of drug-likeness (QED) is 0.926. The Hall–Kier alpha value is -2.20. The van der Waals surface area contributed by atoms with Gasteiger partial charge >= 0.3 is 0 Å². The molecule has 1 aliphatic heterocycles. The number of likely N-dealkylation sites (tertiary alicyclic amines) is 1. The van der Waals surface area contributed by atoms with Crippen molar-refractivity contribution in [3.8, 4) is 0 Å². The molecule has 2 aromatic carbocycles. The van der Waals surface area contributed by atoms with Crippen LogP contribution < -0.4 is 5.73 Å². The minimum absolute atomic E-state index is 0.0422. The lowest BCUT2D eigenvalue weighted by Crippen LogP contribution is -2.48. The summed E-state index contributed by atoms with van der Waals surface area (Å²) in [4.78, 5) is 14.4. The molecular formula is C19H21FN2O. The van der Waals surface area contributed by atoms with Gasteiger partial charge in [0.25, 0.3) is 5.91 Å². The summed E-state index contributed by atoms with van der Waals surface area (Å²) in [5, 5.41) is 0. The highest BCUT2D eigenvalue weighted by atomic mass is 19.1. The Morgan fingerprint density at radius 3 is 2.39 bits per heavy atom. The number of carbonyl (C=O) groups excluding carboxylic acids is 1. The van der Waals surface area contributed by atoms with Gasteiger partial charge < -0.3 is 10.6 Å². The molecule has 1 heterocycles. The van der Waals surface area contributed by atoms with Gasteiger partial charge in [-0.15, -0.1) is 0 Å². The molecule has 0 spiro atoms. The van der Waals surface area contributed by atoms with Gasteiger partial charge in [0, 0.05) is 30.6 Å². The third kappa shape index (κ3) is 3.59. The molecule has 2 atom stereocenters. The smallest absolute Gasteiger partial charge is 0.253 e. The lowest BCUT2D eigenvalue weighted by Gasteiger charge is -2.36. The summed E-state index contributed by atoms with van der Waals surface area (Å²) in [6.45, 7) is 3.24. The minimum Gasteiger partial charge on any atom is -0.336 e. The molecule has 4 heteroatoms. The van der Waals surface area contributed by atoms with E-state index in [2.05, 4.69) is 31.2 Å². The van der Waals surface area contributed by atoms with Crippen LogP contribution in [0.15, 0.2) is 48.5 Å². The summed E-state index contributed by atoms with van der Waals surface area (Å²) in [7, 11) is 0. The van der Waals surface area contributed by atoms with Crippen molar-refractivity contribution in [1.82, 2.24) is 4.90 Å². The molecule has 1 fully saturated rings. The van der Waals surface area contributed by atoms with Crippen LogP contribution in [0, 0.1) is 12.7 Å². The number of nitrogens with two attached hydrogens (primary N) is 1. The molecule has 0 bridgehead atoms. The molecular weight excluding hydrogens is 291 g/mol. The molecule has 1 saturated heterocycles. The van der Waals surface area contributed by atoms with E-state index in [4.69, 9.17) is 5.73 Å². The maximum absolute atomic E-state index is 13.0. The summed E-state index contributed by atoms with van der Waals surface area (Å²) in [6, 6.07) is 14.0. The van der Waals surface area contributed by atoms with Crippen LogP contribution in [-0.2, 0) is 0 Å². The van der Waals surface area contributed by atoms with E-state index in [-0.39, 0.29) is 23.7 Å². The molecule has 0 aromatic heterocycles. The third-order valence-electron chi connectivity index (χ3n) is 4.41. The summed E-state index contributed by atoms with van der Waals surface area (Å²) in [5.74, 6) is -0.185. The number of halogens is 1. The lowest BCUT2D eigenvalue weighted by molar-refractivity contribution is 0.0689. The van der Waals surface area contributed by atoms with E-state index < -0.39 is 0 Å². The molecule has 2 aromatic rings. The highest BCUT2D eigenvalue weighted by Gasteiger charge is 2.29. The average molecular weight is 312 g/mol. The minimum atomic E-state index is -0.338. The summed E-state index contributed by atoms with van der Waals surface area (Å²) in [5.41, 5.74) is 9.10. The van der Waals surface area contributed by atoms with Gasteiger partial charge in [0.1, 0.15) is 5.82 Å². The molecule has 0 radical (unpaired) electrons. The third-order valence-corrected chi connectivity index (χ3v) is 4.41. The number of hydrogen-bond donors (Lipinski definition) is 1. The Morgan fingerprint density at radius 2 is 1.74 bits per heavy atom. The topological polar surface area (TPSA) is 46.3 Å². The Labute approximate surface area is 135 Å². The second kappa shape index (κ2) is 6.50. The zero-order valence-electron chi connectivity index (χ0n) is 13.2. The van der Waals surface area contributed by atoms with Crippen LogP contribution in [0.25, 0.3) is 0 Å². The largest absolute Gasteiger partial charge is 0.336 e. The number of benzene rings is 2. The number of piperidine rings is 1. The van der Waals surface area contributed by atoms with Crippen molar-refractivity contribution in [2.45, 2.75) is 25.3 Å². The van der Waals surface area contributed by atoms with Crippen LogP contribution in [0.1, 0.15) is 33.8 Å². The van der Waals surface area contributed by atoms with Gasteiger partial charge in [-0.25, -0.2) is 4.39 Å². The maximum Gasteiger partial charge on any atom is 0.253 e. The van der Waals surface area contributed by atoms with Crippen molar-refractivity contribution in [3.05, 3.63) is 71.0 Å². The highest BCUT2D eigenvalue weighted by molar-refractivity contribution is 5.94. The Morgan fingerprint density at radius 1 is 1.09 bits per heavy atom.